The standard InChI is InChI=1S/C13H12BrN3O/c1-9-8-10(14)5-6-11(9)16-13(18)17-12-4-2-3-7-15-12/h2-8H,1H3,(H2,15,16,17,18). The number of urea groups is 1. The van der Waals surface area contributed by atoms with Crippen molar-refractivity contribution in [2.45, 2.75) is 6.92 Å². The van der Waals surface area contributed by atoms with E-state index in [1.165, 1.54) is 0 Å². The normalized spacial score (nSPS) is 9.89. The molecule has 2 aromatic rings. The lowest BCUT2D eigenvalue weighted by Crippen LogP contribution is -2.20. The Hall–Kier alpha value is -1.88. The quantitative estimate of drug-likeness (QED) is 0.886. The molecule has 0 bridgehead atoms. The summed E-state index contributed by atoms with van der Waals surface area (Å²) in [6.45, 7) is 1.93. The highest BCUT2D eigenvalue weighted by molar-refractivity contribution is 9.10. The first-order chi connectivity index (χ1) is 8.65. The number of nitrogens with one attached hydrogen (secondary N) is 2. The van der Waals surface area contributed by atoms with E-state index in [-0.39, 0.29) is 6.03 Å². The highest BCUT2D eigenvalue weighted by atomic mass is 79.9. The average Bonchev–Trinajstić information content (AvgIpc) is 2.34. The Morgan fingerprint density at radius 2 is 2.06 bits per heavy atom. The summed E-state index contributed by atoms with van der Waals surface area (Å²) in [5.41, 5.74) is 1.76. The van der Waals surface area contributed by atoms with Crippen molar-refractivity contribution in [3.8, 4) is 0 Å². The van der Waals surface area contributed by atoms with Crippen LogP contribution in [-0.4, -0.2) is 11.0 Å². The van der Waals surface area contributed by atoms with E-state index in [0.717, 1.165) is 15.7 Å². The number of rotatable bonds is 2. The minimum atomic E-state index is -0.306. The highest BCUT2D eigenvalue weighted by Gasteiger charge is 2.05. The van der Waals surface area contributed by atoms with Crippen molar-refractivity contribution >= 4 is 33.5 Å². The van der Waals surface area contributed by atoms with Crippen LogP contribution in [-0.2, 0) is 0 Å². The second kappa shape index (κ2) is 5.64. The predicted octanol–water partition coefficient (Wildman–Crippen LogP) is 3.80. The van der Waals surface area contributed by atoms with E-state index in [4.69, 9.17) is 0 Å². The summed E-state index contributed by atoms with van der Waals surface area (Å²) >= 11 is 3.38. The number of hydrogen-bond donors (Lipinski definition) is 2. The molecule has 0 saturated heterocycles. The molecule has 2 amide bonds. The topological polar surface area (TPSA) is 54.0 Å². The fourth-order valence-electron chi connectivity index (χ4n) is 1.47. The maximum atomic E-state index is 11.7. The number of carbonyl (C=O) groups excluding carboxylic acids is 1. The lowest BCUT2D eigenvalue weighted by Gasteiger charge is -2.09. The van der Waals surface area contributed by atoms with Crippen molar-refractivity contribution in [1.29, 1.82) is 0 Å². The van der Waals surface area contributed by atoms with E-state index in [9.17, 15) is 4.79 Å². The molecular formula is C13H12BrN3O. The van der Waals surface area contributed by atoms with E-state index in [2.05, 4.69) is 31.5 Å². The van der Waals surface area contributed by atoms with E-state index >= 15 is 0 Å². The lowest BCUT2D eigenvalue weighted by atomic mass is 10.2. The van der Waals surface area contributed by atoms with Crippen LogP contribution < -0.4 is 10.6 Å². The number of hydrogen-bond acceptors (Lipinski definition) is 2. The van der Waals surface area contributed by atoms with Gasteiger partial charge in [-0.15, -0.1) is 0 Å². The van der Waals surface area contributed by atoms with Crippen molar-refractivity contribution in [3.63, 3.8) is 0 Å². The van der Waals surface area contributed by atoms with Gasteiger partial charge < -0.3 is 5.32 Å². The summed E-state index contributed by atoms with van der Waals surface area (Å²) in [6, 6.07) is 10.7. The summed E-state index contributed by atoms with van der Waals surface area (Å²) in [5, 5.41) is 5.43. The van der Waals surface area contributed by atoms with E-state index in [0.29, 0.717) is 5.82 Å². The Balaban J connectivity index is 2.03. The molecule has 1 aromatic heterocycles. The number of nitrogens with zero attached hydrogens (tertiary/aromatic N) is 1. The van der Waals surface area contributed by atoms with Crippen molar-refractivity contribution < 1.29 is 4.79 Å². The van der Waals surface area contributed by atoms with Gasteiger partial charge in [-0.2, -0.15) is 0 Å². The van der Waals surface area contributed by atoms with Gasteiger partial charge in [-0.05, 0) is 42.8 Å². The first kappa shape index (κ1) is 12.6. The Morgan fingerprint density at radius 1 is 1.22 bits per heavy atom. The molecule has 0 saturated carbocycles. The van der Waals surface area contributed by atoms with Crippen molar-refractivity contribution in [1.82, 2.24) is 4.98 Å². The Labute approximate surface area is 114 Å². The molecule has 0 unspecified atom stereocenters. The largest absolute Gasteiger partial charge is 0.324 e. The van der Waals surface area contributed by atoms with Gasteiger partial charge in [-0.1, -0.05) is 22.0 Å². The Kier molecular flexibility index (Phi) is 3.94. The maximum Gasteiger partial charge on any atom is 0.324 e. The van der Waals surface area contributed by atoms with Gasteiger partial charge in [0.15, 0.2) is 0 Å². The van der Waals surface area contributed by atoms with E-state index < -0.39 is 0 Å². The fraction of sp³-hybridized carbons (Fsp3) is 0.0769. The van der Waals surface area contributed by atoms with Gasteiger partial charge in [0.25, 0.3) is 0 Å². The van der Waals surface area contributed by atoms with Gasteiger partial charge in [0.1, 0.15) is 5.82 Å². The molecule has 5 heteroatoms. The average molecular weight is 306 g/mol. The zero-order valence-electron chi connectivity index (χ0n) is 9.77. The first-order valence-corrected chi connectivity index (χ1v) is 6.19. The second-order valence-corrected chi connectivity index (χ2v) is 4.67. The molecule has 0 aliphatic carbocycles. The number of anilines is 2. The molecule has 0 aliphatic heterocycles. The molecule has 0 radical (unpaired) electrons. The number of aromatic nitrogens is 1. The summed E-state index contributed by atoms with van der Waals surface area (Å²) in [6.07, 6.45) is 1.63. The number of amides is 2. The number of benzene rings is 1. The van der Waals surface area contributed by atoms with Crippen LogP contribution in [0.3, 0.4) is 0 Å². The number of halogens is 1. The van der Waals surface area contributed by atoms with Gasteiger partial charge in [0, 0.05) is 16.4 Å². The molecule has 1 heterocycles. The molecule has 0 fully saturated rings. The molecule has 2 rings (SSSR count). The summed E-state index contributed by atoms with van der Waals surface area (Å²) in [5.74, 6) is 0.518. The first-order valence-electron chi connectivity index (χ1n) is 5.40. The van der Waals surface area contributed by atoms with Crippen LogP contribution in [0.1, 0.15) is 5.56 Å². The third kappa shape index (κ3) is 3.30. The molecular weight excluding hydrogens is 294 g/mol. The Morgan fingerprint density at radius 3 is 2.72 bits per heavy atom. The molecule has 0 atom stereocenters. The molecule has 0 aliphatic rings. The van der Waals surface area contributed by atoms with Crippen LogP contribution in [0.25, 0.3) is 0 Å². The third-order valence-corrected chi connectivity index (χ3v) is 2.84. The molecule has 18 heavy (non-hydrogen) atoms. The zero-order chi connectivity index (χ0) is 13.0. The monoisotopic (exact) mass is 305 g/mol. The highest BCUT2D eigenvalue weighted by Crippen LogP contribution is 2.20. The maximum absolute atomic E-state index is 11.7. The van der Waals surface area contributed by atoms with E-state index in [1.807, 2.05) is 31.2 Å². The summed E-state index contributed by atoms with van der Waals surface area (Å²) in [7, 11) is 0. The molecule has 1 aromatic carbocycles. The summed E-state index contributed by atoms with van der Waals surface area (Å²) < 4.78 is 0.982. The minimum absolute atomic E-state index is 0.306. The van der Waals surface area contributed by atoms with Crippen LogP contribution in [0.4, 0.5) is 16.3 Å². The minimum Gasteiger partial charge on any atom is -0.307 e. The van der Waals surface area contributed by atoms with Crippen LogP contribution in [0.5, 0.6) is 0 Å². The van der Waals surface area contributed by atoms with Gasteiger partial charge in [-0.3, -0.25) is 5.32 Å². The van der Waals surface area contributed by atoms with Crippen molar-refractivity contribution in [3.05, 3.63) is 52.6 Å². The van der Waals surface area contributed by atoms with Crippen molar-refractivity contribution in [2.75, 3.05) is 10.6 Å². The van der Waals surface area contributed by atoms with E-state index in [1.54, 1.807) is 18.3 Å². The fourth-order valence-corrected chi connectivity index (χ4v) is 1.95. The second-order valence-electron chi connectivity index (χ2n) is 3.75. The van der Waals surface area contributed by atoms with Gasteiger partial charge in [-0.25, -0.2) is 9.78 Å². The van der Waals surface area contributed by atoms with Crippen molar-refractivity contribution in [2.24, 2.45) is 0 Å². The van der Waals surface area contributed by atoms with Crippen LogP contribution in [0.2, 0.25) is 0 Å². The lowest BCUT2D eigenvalue weighted by molar-refractivity contribution is 0.262. The third-order valence-electron chi connectivity index (χ3n) is 2.34. The predicted molar refractivity (Wildman–Crippen MR) is 75.8 cm³/mol. The van der Waals surface area contributed by atoms with Crippen LogP contribution in [0, 0.1) is 6.92 Å². The number of aryl methyl sites for hydroxylation is 1. The van der Waals surface area contributed by atoms with Gasteiger partial charge >= 0.3 is 6.03 Å². The number of carbonyl (C=O) groups is 1. The zero-order valence-corrected chi connectivity index (χ0v) is 11.4. The Bertz CT molecular complexity index is 557. The molecule has 2 N–H and O–H groups in total. The smallest absolute Gasteiger partial charge is 0.307 e. The van der Waals surface area contributed by atoms with Gasteiger partial charge in [0.2, 0.25) is 0 Å². The molecule has 0 spiro atoms. The van der Waals surface area contributed by atoms with Crippen LogP contribution in [0.15, 0.2) is 47.1 Å². The number of pyridine rings is 1. The summed E-state index contributed by atoms with van der Waals surface area (Å²) in [4.78, 5) is 15.8. The van der Waals surface area contributed by atoms with Gasteiger partial charge in [0.05, 0.1) is 0 Å². The molecule has 4 nitrogen and oxygen atoms in total. The SMILES string of the molecule is Cc1cc(Br)ccc1NC(=O)Nc1ccccn1. The molecule has 92 valence electrons. The van der Waals surface area contributed by atoms with Crippen LogP contribution >= 0.6 is 15.9 Å².